The maximum Gasteiger partial charge on any atom is 0.0351 e. The molecule has 1 nitrogen and oxygen atoms in total. The molecule has 1 aliphatic carbocycles. The molecule has 0 bridgehead atoms. The Morgan fingerprint density at radius 2 is 2.00 bits per heavy atom. The van der Waals surface area contributed by atoms with Crippen LogP contribution in [-0.2, 0) is 6.42 Å². The molecule has 2 atom stereocenters. The minimum absolute atomic E-state index is 0.597. The van der Waals surface area contributed by atoms with Gasteiger partial charge in [-0.3, -0.25) is 0 Å². The summed E-state index contributed by atoms with van der Waals surface area (Å²) in [5.41, 5.74) is 3.12. The SMILES string of the molecule is CCCNC1c2ccccc2CCC1CCC. The summed E-state index contributed by atoms with van der Waals surface area (Å²) < 4.78 is 0. The van der Waals surface area contributed by atoms with Crippen molar-refractivity contribution in [2.24, 2.45) is 5.92 Å². The number of rotatable bonds is 5. The van der Waals surface area contributed by atoms with Crippen LogP contribution in [0, 0.1) is 5.92 Å². The molecule has 0 heterocycles. The lowest BCUT2D eigenvalue weighted by Gasteiger charge is -2.34. The van der Waals surface area contributed by atoms with Gasteiger partial charge in [-0.1, -0.05) is 44.5 Å². The zero-order chi connectivity index (χ0) is 12.1. The maximum atomic E-state index is 3.76. The van der Waals surface area contributed by atoms with Gasteiger partial charge in [-0.25, -0.2) is 0 Å². The van der Waals surface area contributed by atoms with Crippen LogP contribution < -0.4 is 5.32 Å². The van der Waals surface area contributed by atoms with E-state index >= 15 is 0 Å². The highest BCUT2D eigenvalue weighted by atomic mass is 14.9. The standard InChI is InChI=1S/C16H25N/c1-3-7-14-11-10-13-8-5-6-9-15(13)16(14)17-12-4-2/h5-6,8-9,14,16-17H,3-4,7,10-12H2,1-2H3. The van der Waals surface area contributed by atoms with Crippen molar-refractivity contribution in [2.75, 3.05) is 6.54 Å². The van der Waals surface area contributed by atoms with Gasteiger partial charge < -0.3 is 5.32 Å². The second-order valence-electron chi connectivity index (χ2n) is 5.22. The minimum Gasteiger partial charge on any atom is -0.310 e. The van der Waals surface area contributed by atoms with E-state index in [1.165, 1.54) is 32.1 Å². The predicted octanol–water partition coefficient (Wildman–Crippen LogP) is 4.09. The van der Waals surface area contributed by atoms with Gasteiger partial charge in [0.05, 0.1) is 0 Å². The third-order valence-corrected chi connectivity index (χ3v) is 3.92. The number of hydrogen-bond donors (Lipinski definition) is 1. The van der Waals surface area contributed by atoms with E-state index in [-0.39, 0.29) is 0 Å². The fourth-order valence-electron chi connectivity index (χ4n) is 3.09. The molecule has 1 heteroatoms. The number of benzene rings is 1. The maximum absolute atomic E-state index is 3.76. The van der Waals surface area contributed by atoms with Crippen molar-refractivity contribution in [3.8, 4) is 0 Å². The number of fused-ring (bicyclic) bond motifs is 1. The van der Waals surface area contributed by atoms with Crippen molar-refractivity contribution in [2.45, 2.75) is 52.0 Å². The predicted molar refractivity (Wildman–Crippen MR) is 74.2 cm³/mol. The smallest absolute Gasteiger partial charge is 0.0351 e. The minimum atomic E-state index is 0.597. The third-order valence-electron chi connectivity index (χ3n) is 3.92. The summed E-state index contributed by atoms with van der Waals surface area (Å²) in [6, 6.07) is 9.59. The first-order chi connectivity index (χ1) is 8.36. The Balaban J connectivity index is 2.19. The fourth-order valence-corrected chi connectivity index (χ4v) is 3.09. The van der Waals surface area contributed by atoms with E-state index in [0.29, 0.717) is 6.04 Å². The van der Waals surface area contributed by atoms with Gasteiger partial charge >= 0.3 is 0 Å². The molecule has 0 fully saturated rings. The number of hydrogen-bond acceptors (Lipinski definition) is 1. The monoisotopic (exact) mass is 231 g/mol. The molecule has 2 unspecified atom stereocenters. The molecule has 0 radical (unpaired) electrons. The highest BCUT2D eigenvalue weighted by Gasteiger charge is 2.27. The Bertz CT molecular complexity index is 345. The van der Waals surface area contributed by atoms with Gasteiger partial charge in [-0.05, 0) is 49.3 Å². The topological polar surface area (TPSA) is 12.0 Å². The molecule has 0 saturated carbocycles. The molecule has 0 amide bonds. The van der Waals surface area contributed by atoms with Crippen LogP contribution in [0.4, 0.5) is 0 Å². The van der Waals surface area contributed by atoms with Crippen LogP contribution in [0.15, 0.2) is 24.3 Å². The van der Waals surface area contributed by atoms with Crippen molar-refractivity contribution in [3.05, 3.63) is 35.4 Å². The average Bonchev–Trinajstić information content (AvgIpc) is 2.37. The Hall–Kier alpha value is -0.820. The molecule has 94 valence electrons. The molecule has 2 rings (SSSR count). The number of aryl methyl sites for hydroxylation is 1. The molecule has 1 aliphatic rings. The molecular weight excluding hydrogens is 206 g/mol. The van der Waals surface area contributed by atoms with Gasteiger partial charge in [-0.2, -0.15) is 0 Å². The Kier molecular flexibility index (Phi) is 4.61. The summed E-state index contributed by atoms with van der Waals surface area (Å²) in [4.78, 5) is 0. The molecule has 0 saturated heterocycles. The Morgan fingerprint density at radius 1 is 1.18 bits per heavy atom. The molecule has 0 spiro atoms. The Morgan fingerprint density at radius 3 is 2.76 bits per heavy atom. The van der Waals surface area contributed by atoms with Crippen molar-refractivity contribution in [1.82, 2.24) is 5.32 Å². The fraction of sp³-hybridized carbons (Fsp3) is 0.625. The lowest BCUT2D eigenvalue weighted by Crippen LogP contribution is -2.33. The van der Waals surface area contributed by atoms with Crippen LogP contribution in [0.3, 0.4) is 0 Å². The van der Waals surface area contributed by atoms with E-state index < -0.39 is 0 Å². The number of nitrogens with one attached hydrogen (secondary N) is 1. The quantitative estimate of drug-likeness (QED) is 0.805. The van der Waals surface area contributed by atoms with Crippen LogP contribution >= 0.6 is 0 Å². The normalized spacial score (nSPS) is 23.4. The van der Waals surface area contributed by atoms with Crippen molar-refractivity contribution >= 4 is 0 Å². The van der Waals surface area contributed by atoms with Crippen LogP contribution in [-0.4, -0.2) is 6.54 Å². The molecule has 1 aromatic rings. The van der Waals surface area contributed by atoms with E-state index in [4.69, 9.17) is 0 Å². The van der Waals surface area contributed by atoms with Gasteiger partial charge in [-0.15, -0.1) is 0 Å². The Labute approximate surface area is 106 Å². The first-order valence-electron chi connectivity index (χ1n) is 7.18. The van der Waals surface area contributed by atoms with Gasteiger partial charge in [0.15, 0.2) is 0 Å². The van der Waals surface area contributed by atoms with Crippen molar-refractivity contribution in [3.63, 3.8) is 0 Å². The van der Waals surface area contributed by atoms with E-state index in [1.54, 1.807) is 11.1 Å². The van der Waals surface area contributed by atoms with Gasteiger partial charge in [0, 0.05) is 6.04 Å². The van der Waals surface area contributed by atoms with Crippen LogP contribution in [0.2, 0.25) is 0 Å². The van der Waals surface area contributed by atoms with Crippen LogP contribution in [0.5, 0.6) is 0 Å². The van der Waals surface area contributed by atoms with Crippen molar-refractivity contribution in [1.29, 1.82) is 0 Å². The van der Waals surface area contributed by atoms with E-state index in [0.717, 1.165) is 12.5 Å². The lowest BCUT2D eigenvalue weighted by atomic mass is 9.77. The first-order valence-corrected chi connectivity index (χ1v) is 7.18. The summed E-state index contributed by atoms with van der Waals surface area (Å²) in [6.45, 7) is 5.69. The second kappa shape index (κ2) is 6.20. The van der Waals surface area contributed by atoms with Gasteiger partial charge in [0.2, 0.25) is 0 Å². The molecular formula is C16H25N. The van der Waals surface area contributed by atoms with Gasteiger partial charge in [0.25, 0.3) is 0 Å². The summed E-state index contributed by atoms with van der Waals surface area (Å²) in [5.74, 6) is 0.835. The molecule has 1 N–H and O–H groups in total. The molecule has 17 heavy (non-hydrogen) atoms. The average molecular weight is 231 g/mol. The van der Waals surface area contributed by atoms with Crippen LogP contribution in [0.25, 0.3) is 0 Å². The zero-order valence-corrected chi connectivity index (χ0v) is 11.2. The van der Waals surface area contributed by atoms with Crippen molar-refractivity contribution < 1.29 is 0 Å². The molecule has 0 aromatic heterocycles. The van der Waals surface area contributed by atoms with E-state index in [9.17, 15) is 0 Å². The molecule has 0 aliphatic heterocycles. The third kappa shape index (κ3) is 2.90. The highest BCUT2D eigenvalue weighted by molar-refractivity contribution is 5.33. The zero-order valence-electron chi connectivity index (χ0n) is 11.2. The summed E-state index contributed by atoms with van der Waals surface area (Å²) in [7, 11) is 0. The van der Waals surface area contributed by atoms with Crippen LogP contribution in [0.1, 0.15) is 56.7 Å². The highest BCUT2D eigenvalue weighted by Crippen LogP contribution is 2.36. The lowest BCUT2D eigenvalue weighted by molar-refractivity contribution is 0.301. The summed E-state index contributed by atoms with van der Waals surface area (Å²) >= 11 is 0. The van der Waals surface area contributed by atoms with E-state index in [2.05, 4.69) is 43.4 Å². The first kappa shape index (κ1) is 12.6. The van der Waals surface area contributed by atoms with E-state index in [1.807, 2.05) is 0 Å². The largest absolute Gasteiger partial charge is 0.310 e. The molecule has 1 aromatic carbocycles. The summed E-state index contributed by atoms with van der Waals surface area (Å²) in [6.07, 6.45) is 6.50. The second-order valence-corrected chi connectivity index (χ2v) is 5.22. The van der Waals surface area contributed by atoms with Gasteiger partial charge in [0.1, 0.15) is 0 Å². The summed E-state index contributed by atoms with van der Waals surface area (Å²) in [5, 5.41) is 3.76.